The maximum Gasteiger partial charge on any atom is 0.361 e. The molecular weight excluding hydrogens is 200 g/mol. The summed E-state index contributed by atoms with van der Waals surface area (Å²) in [7, 11) is 0. The molecule has 74 valence electrons. The Morgan fingerprint density at radius 2 is 1.93 bits per heavy atom. The van der Waals surface area contributed by atoms with Crippen LogP contribution in [0, 0.1) is 23.1 Å². The van der Waals surface area contributed by atoms with E-state index in [1.807, 2.05) is 0 Å². The van der Waals surface area contributed by atoms with Crippen LogP contribution in [-0.2, 0) is 6.05 Å². The maximum atomic E-state index is 12.9. The van der Waals surface area contributed by atoms with Crippen LogP contribution in [0.2, 0.25) is 0 Å². The zero-order valence-corrected chi connectivity index (χ0v) is 6.69. The molecule has 0 saturated carbocycles. The number of hydrogen-bond acceptors (Lipinski definition) is 2. The number of nitriles is 1. The van der Waals surface area contributed by atoms with Crippen molar-refractivity contribution in [1.82, 2.24) is 5.32 Å². The minimum absolute atomic E-state index is 0.697. The van der Waals surface area contributed by atoms with Gasteiger partial charge >= 0.3 is 6.05 Å². The minimum atomic E-state index is -3.90. The van der Waals surface area contributed by atoms with E-state index >= 15 is 0 Å². The molecular formula is C8H4F4N2. The van der Waals surface area contributed by atoms with E-state index in [1.165, 1.54) is 0 Å². The first-order valence-electron chi connectivity index (χ1n) is 3.47. The Labute approximate surface area is 76.8 Å². The molecule has 0 spiro atoms. The van der Waals surface area contributed by atoms with Gasteiger partial charge in [0.2, 0.25) is 0 Å². The molecule has 0 atom stereocenters. The summed E-state index contributed by atoms with van der Waals surface area (Å²) in [6.45, 7) is 0. The largest absolute Gasteiger partial charge is 0.361 e. The Bertz CT molecular complexity index is 383. The van der Waals surface area contributed by atoms with E-state index in [1.54, 1.807) is 0 Å². The average molecular weight is 204 g/mol. The van der Waals surface area contributed by atoms with Crippen LogP contribution in [0.4, 0.5) is 17.6 Å². The molecule has 14 heavy (non-hydrogen) atoms. The summed E-state index contributed by atoms with van der Waals surface area (Å²) in [6.07, 6.45) is 0.964. The quantitative estimate of drug-likeness (QED) is 0.346. The van der Waals surface area contributed by atoms with Gasteiger partial charge in [0.25, 0.3) is 0 Å². The molecule has 0 aliphatic heterocycles. The summed E-state index contributed by atoms with van der Waals surface area (Å²) in [4.78, 5) is 0. The first-order chi connectivity index (χ1) is 6.49. The Morgan fingerprint density at radius 3 is 2.50 bits per heavy atom. The summed E-state index contributed by atoms with van der Waals surface area (Å²) >= 11 is 0. The van der Waals surface area contributed by atoms with Gasteiger partial charge in [-0.1, -0.05) is 6.07 Å². The second-order valence-electron chi connectivity index (χ2n) is 2.41. The monoisotopic (exact) mass is 204 g/mol. The van der Waals surface area contributed by atoms with Gasteiger partial charge in [0.15, 0.2) is 17.8 Å². The molecule has 0 amide bonds. The molecule has 2 nitrogen and oxygen atoms in total. The van der Waals surface area contributed by atoms with Crippen LogP contribution in [-0.4, -0.2) is 0 Å². The molecule has 0 saturated heterocycles. The van der Waals surface area contributed by atoms with E-state index in [4.69, 9.17) is 5.26 Å². The molecule has 0 aliphatic carbocycles. The van der Waals surface area contributed by atoms with Gasteiger partial charge in [-0.15, -0.1) is 0 Å². The molecule has 0 fully saturated rings. The zero-order valence-electron chi connectivity index (χ0n) is 6.69. The minimum Gasteiger partial charge on any atom is -0.259 e. The molecule has 0 radical (unpaired) electrons. The van der Waals surface area contributed by atoms with Gasteiger partial charge in [-0.2, -0.15) is 14.0 Å². The molecule has 0 aliphatic rings. The highest BCUT2D eigenvalue weighted by molar-refractivity contribution is 5.23. The van der Waals surface area contributed by atoms with Gasteiger partial charge in [0, 0.05) is 0 Å². The lowest BCUT2D eigenvalue weighted by atomic mass is 10.1. The van der Waals surface area contributed by atoms with Crippen LogP contribution in [0.15, 0.2) is 18.2 Å². The summed E-state index contributed by atoms with van der Waals surface area (Å²) in [6, 6.07) is -1.56. The maximum absolute atomic E-state index is 12.9. The molecule has 1 aromatic rings. The van der Waals surface area contributed by atoms with Gasteiger partial charge in [-0.25, -0.2) is 8.78 Å². The molecule has 0 aromatic heterocycles. The smallest absolute Gasteiger partial charge is 0.259 e. The van der Waals surface area contributed by atoms with Crippen LogP contribution in [0.3, 0.4) is 0 Å². The second kappa shape index (κ2) is 3.54. The third-order valence-electron chi connectivity index (χ3n) is 1.50. The number of benzene rings is 1. The van der Waals surface area contributed by atoms with Crippen molar-refractivity contribution in [2.24, 2.45) is 0 Å². The van der Waals surface area contributed by atoms with E-state index in [2.05, 4.69) is 0 Å². The topological polar surface area (TPSA) is 35.8 Å². The van der Waals surface area contributed by atoms with Crippen LogP contribution in [0.1, 0.15) is 5.56 Å². The van der Waals surface area contributed by atoms with Gasteiger partial charge in [0.1, 0.15) is 0 Å². The first kappa shape index (κ1) is 10.3. The predicted octanol–water partition coefficient (Wildman–Crippen LogP) is 2.08. The molecule has 1 aromatic carbocycles. The van der Waals surface area contributed by atoms with Crippen molar-refractivity contribution in [2.45, 2.75) is 6.05 Å². The summed E-state index contributed by atoms with van der Waals surface area (Å²) in [5.74, 6) is -3.05. The number of halogens is 4. The van der Waals surface area contributed by atoms with E-state index in [0.29, 0.717) is 12.1 Å². The standard InChI is InChI=1S/C8H4F4N2/c9-6-3-1-2-5(7(6)10)8(11,12)14-4-13/h1-3,14H. The Morgan fingerprint density at radius 1 is 1.29 bits per heavy atom. The number of nitrogens with one attached hydrogen (secondary N) is 1. The Balaban J connectivity index is 3.20. The van der Waals surface area contributed by atoms with Crippen LogP contribution in [0.25, 0.3) is 0 Å². The van der Waals surface area contributed by atoms with Crippen molar-refractivity contribution in [2.75, 3.05) is 0 Å². The predicted molar refractivity (Wildman–Crippen MR) is 39.0 cm³/mol. The third kappa shape index (κ3) is 1.76. The highest BCUT2D eigenvalue weighted by atomic mass is 19.3. The van der Waals surface area contributed by atoms with E-state index in [0.717, 1.165) is 17.6 Å². The lowest BCUT2D eigenvalue weighted by molar-refractivity contribution is -0.0287. The molecule has 0 unspecified atom stereocenters. The summed E-state index contributed by atoms with van der Waals surface area (Å²) in [5, 5.41) is 9.04. The Kier molecular flexibility index (Phi) is 2.60. The fraction of sp³-hybridized carbons (Fsp3) is 0.125. The van der Waals surface area contributed by atoms with E-state index < -0.39 is 23.2 Å². The van der Waals surface area contributed by atoms with Crippen LogP contribution >= 0.6 is 0 Å². The van der Waals surface area contributed by atoms with Crippen molar-refractivity contribution in [3.8, 4) is 6.19 Å². The molecule has 1 rings (SSSR count). The van der Waals surface area contributed by atoms with Crippen LogP contribution in [0.5, 0.6) is 0 Å². The lowest BCUT2D eigenvalue weighted by Gasteiger charge is -2.14. The van der Waals surface area contributed by atoms with Gasteiger partial charge in [-0.05, 0) is 12.1 Å². The number of rotatable bonds is 2. The van der Waals surface area contributed by atoms with E-state index in [-0.39, 0.29) is 0 Å². The highest BCUT2D eigenvalue weighted by Gasteiger charge is 2.35. The SMILES string of the molecule is N#CNC(F)(F)c1cccc(F)c1F. The van der Waals surface area contributed by atoms with Crippen molar-refractivity contribution in [1.29, 1.82) is 5.26 Å². The molecule has 1 N–H and O–H groups in total. The summed E-state index contributed by atoms with van der Waals surface area (Å²) < 4.78 is 51.1. The number of alkyl halides is 2. The average Bonchev–Trinajstić information content (AvgIpc) is 2.09. The zero-order chi connectivity index (χ0) is 10.8. The molecule has 0 bridgehead atoms. The molecule has 6 heteroatoms. The lowest BCUT2D eigenvalue weighted by Crippen LogP contribution is -2.31. The van der Waals surface area contributed by atoms with Crippen molar-refractivity contribution in [3.05, 3.63) is 35.4 Å². The third-order valence-corrected chi connectivity index (χ3v) is 1.50. The van der Waals surface area contributed by atoms with Gasteiger partial charge in [0.05, 0.1) is 5.56 Å². The summed E-state index contributed by atoms with van der Waals surface area (Å²) in [5.41, 5.74) is -1.20. The van der Waals surface area contributed by atoms with Gasteiger partial charge in [-0.3, -0.25) is 5.32 Å². The van der Waals surface area contributed by atoms with Crippen molar-refractivity contribution in [3.63, 3.8) is 0 Å². The van der Waals surface area contributed by atoms with Crippen molar-refractivity contribution < 1.29 is 17.6 Å². The Hall–Kier alpha value is -1.77. The van der Waals surface area contributed by atoms with Crippen molar-refractivity contribution >= 4 is 0 Å². The normalized spacial score (nSPS) is 10.8. The fourth-order valence-corrected chi connectivity index (χ4v) is 0.884. The molecule has 0 heterocycles. The highest BCUT2D eigenvalue weighted by Crippen LogP contribution is 2.27. The first-order valence-corrected chi connectivity index (χ1v) is 3.47. The number of nitrogens with zero attached hydrogens (tertiary/aromatic N) is 1. The van der Waals surface area contributed by atoms with Crippen LogP contribution < -0.4 is 5.32 Å². The fourth-order valence-electron chi connectivity index (χ4n) is 0.884. The van der Waals surface area contributed by atoms with E-state index in [9.17, 15) is 17.6 Å². The second-order valence-corrected chi connectivity index (χ2v) is 2.41. The van der Waals surface area contributed by atoms with Gasteiger partial charge < -0.3 is 0 Å². The number of hydrogen-bond donors (Lipinski definition) is 1.